The first-order valence-corrected chi connectivity index (χ1v) is 6.17. The molecule has 1 aromatic carbocycles. The Labute approximate surface area is 114 Å². The Morgan fingerprint density at radius 2 is 2.15 bits per heavy atom. The number of carbonyl (C=O) groups excluding carboxylic acids is 3. The molecule has 1 atom stereocenters. The number of azo groups is 2. The minimum Gasteiger partial charge on any atom is -0.497 e. The number of nitrogens with one attached hydrogen (secondary N) is 1. The average molecular weight is 274 g/mol. The highest BCUT2D eigenvalue weighted by atomic mass is 16.5. The average Bonchev–Trinajstić information content (AvgIpc) is 2.76. The fraction of sp³-hybridized carbons (Fsp3) is 0.308. The van der Waals surface area contributed by atoms with Crippen LogP contribution in [0.1, 0.15) is 23.2 Å². The summed E-state index contributed by atoms with van der Waals surface area (Å²) in [6.45, 7) is 0. The van der Waals surface area contributed by atoms with Crippen molar-refractivity contribution >= 4 is 23.4 Å². The Bertz CT molecular complexity index is 666. The van der Waals surface area contributed by atoms with E-state index in [9.17, 15) is 14.4 Å². The lowest BCUT2D eigenvalue weighted by molar-refractivity contribution is -0.517. The molecule has 0 spiro atoms. The summed E-state index contributed by atoms with van der Waals surface area (Å²) in [7, 11) is 1.51. The van der Waals surface area contributed by atoms with Crippen LogP contribution in [-0.4, -0.2) is 35.6 Å². The molecule has 0 aliphatic carbocycles. The number of fused-ring (bicyclic) bond motifs is 1. The third kappa shape index (κ3) is 1.87. The molecule has 0 saturated carbocycles. The fourth-order valence-corrected chi connectivity index (χ4v) is 2.31. The summed E-state index contributed by atoms with van der Waals surface area (Å²) in [6.07, 6.45) is 0.487. The summed E-state index contributed by atoms with van der Waals surface area (Å²) in [5, 5.41) is 6.38. The second kappa shape index (κ2) is 4.52. The second-order valence-corrected chi connectivity index (χ2v) is 4.60. The van der Waals surface area contributed by atoms with Gasteiger partial charge in [-0.05, 0) is 16.8 Å². The maximum atomic E-state index is 12.3. The van der Waals surface area contributed by atoms with Crippen LogP contribution in [0.3, 0.4) is 0 Å². The van der Waals surface area contributed by atoms with Gasteiger partial charge >= 0.3 is 5.91 Å². The topological polar surface area (TPSA) is 87.8 Å². The molecule has 7 heteroatoms. The Hall–Kier alpha value is -2.57. The largest absolute Gasteiger partial charge is 0.497 e. The lowest BCUT2D eigenvalue weighted by Crippen LogP contribution is -2.49. The van der Waals surface area contributed by atoms with Gasteiger partial charge in [0, 0.05) is 24.0 Å². The molecule has 0 aromatic heterocycles. The molecule has 0 radical (unpaired) electrons. The van der Waals surface area contributed by atoms with Gasteiger partial charge in [0.25, 0.3) is 11.9 Å². The van der Waals surface area contributed by atoms with Crippen molar-refractivity contribution in [1.29, 1.82) is 0 Å². The summed E-state index contributed by atoms with van der Waals surface area (Å²) >= 11 is 0. The highest BCUT2D eigenvalue weighted by molar-refractivity contribution is 6.02. The summed E-state index contributed by atoms with van der Waals surface area (Å²) in [5.74, 6) is -0.610. The van der Waals surface area contributed by atoms with E-state index >= 15 is 0 Å². The number of imide groups is 1. The minimum atomic E-state index is -0.737. The maximum absolute atomic E-state index is 12.3. The first-order chi connectivity index (χ1) is 9.60. The standard InChI is InChI=1S/C13H11N3O4/c1-20-7-2-3-9-8(6-7)13(19)16(15-9)10-4-5-11(17)14-12(10)18/h2-3,6,10H,4-5H2,1H3/p+1. The van der Waals surface area contributed by atoms with Crippen LogP contribution < -0.4 is 10.1 Å². The van der Waals surface area contributed by atoms with Gasteiger partial charge < -0.3 is 4.74 Å². The van der Waals surface area contributed by atoms with Crippen molar-refractivity contribution in [3.63, 3.8) is 0 Å². The van der Waals surface area contributed by atoms with Crippen LogP contribution in [0.15, 0.2) is 23.3 Å². The van der Waals surface area contributed by atoms with Crippen molar-refractivity contribution in [3.05, 3.63) is 23.8 Å². The van der Waals surface area contributed by atoms with Crippen LogP contribution in [-0.2, 0) is 9.59 Å². The first-order valence-electron chi connectivity index (χ1n) is 6.17. The number of hydrogen-bond donors (Lipinski definition) is 1. The van der Waals surface area contributed by atoms with Crippen molar-refractivity contribution in [2.24, 2.45) is 5.11 Å². The zero-order chi connectivity index (χ0) is 14.3. The van der Waals surface area contributed by atoms with E-state index in [0.29, 0.717) is 17.0 Å². The van der Waals surface area contributed by atoms with E-state index in [2.05, 4.69) is 10.4 Å². The molecule has 0 bridgehead atoms. The van der Waals surface area contributed by atoms with E-state index in [-0.39, 0.29) is 24.7 Å². The Morgan fingerprint density at radius 3 is 2.85 bits per heavy atom. The number of amides is 3. The number of benzene rings is 1. The summed E-state index contributed by atoms with van der Waals surface area (Å²) in [6, 6.07) is 4.22. The lowest BCUT2D eigenvalue weighted by atomic mass is 10.1. The van der Waals surface area contributed by atoms with Gasteiger partial charge in [0.2, 0.25) is 5.91 Å². The maximum Gasteiger partial charge on any atom is 0.447 e. The van der Waals surface area contributed by atoms with Crippen LogP contribution in [0, 0.1) is 0 Å². The predicted molar refractivity (Wildman–Crippen MR) is 65.8 cm³/mol. The predicted octanol–water partition coefficient (Wildman–Crippen LogP) is 0.750. The van der Waals surface area contributed by atoms with Gasteiger partial charge in [0.1, 0.15) is 17.0 Å². The van der Waals surface area contributed by atoms with E-state index in [1.807, 2.05) is 0 Å². The second-order valence-electron chi connectivity index (χ2n) is 4.60. The van der Waals surface area contributed by atoms with Gasteiger partial charge in [0.15, 0.2) is 0 Å². The van der Waals surface area contributed by atoms with Crippen LogP contribution in [0.4, 0.5) is 5.69 Å². The number of hydrogen-bond acceptors (Lipinski definition) is 5. The third-order valence-electron chi connectivity index (χ3n) is 3.36. The van der Waals surface area contributed by atoms with Gasteiger partial charge in [-0.25, -0.2) is 4.79 Å². The molecule has 20 heavy (non-hydrogen) atoms. The number of methoxy groups -OCH3 is 1. The summed E-state index contributed by atoms with van der Waals surface area (Å²) < 4.78 is 6.21. The molecular formula is C13H12N3O4+. The van der Waals surface area contributed by atoms with Gasteiger partial charge in [-0.3, -0.25) is 14.9 Å². The Morgan fingerprint density at radius 1 is 1.35 bits per heavy atom. The number of carbonyl (C=O) groups is 3. The van der Waals surface area contributed by atoms with Crippen molar-refractivity contribution in [2.45, 2.75) is 18.9 Å². The zero-order valence-corrected chi connectivity index (χ0v) is 10.8. The summed E-state index contributed by atoms with van der Waals surface area (Å²) in [5.41, 5.74) is 0.898. The molecule has 2 aliphatic rings. The van der Waals surface area contributed by atoms with Gasteiger partial charge in [0.05, 0.1) is 7.11 Å². The van der Waals surface area contributed by atoms with E-state index in [1.54, 1.807) is 18.2 Å². The molecular weight excluding hydrogens is 262 g/mol. The first kappa shape index (κ1) is 12.5. The molecule has 1 fully saturated rings. The number of nitrogens with zero attached hydrogens (tertiary/aromatic N) is 2. The normalized spacial score (nSPS) is 21.4. The number of piperidine rings is 1. The molecule has 3 amide bonds. The Balaban J connectivity index is 1.92. The van der Waals surface area contributed by atoms with Crippen molar-refractivity contribution in [1.82, 2.24) is 5.32 Å². The third-order valence-corrected chi connectivity index (χ3v) is 3.36. The monoisotopic (exact) mass is 274 g/mol. The Kier molecular flexibility index (Phi) is 2.81. The molecule has 1 N–H and O–H groups in total. The highest BCUT2D eigenvalue weighted by Gasteiger charge is 2.45. The SMILES string of the molecule is COc1ccc2c(c1)C(=O)[N+](C1CCC(=O)NC1=O)=N2. The highest BCUT2D eigenvalue weighted by Crippen LogP contribution is 2.31. The van der Waals surface area contributed by atoms with Crippen LogP contribution in [0.25, 0.3) is 0 Å². The quantitative estimate of drug-likeness (QED) is 0.636. The molecule has 7 nitrogen and oxygen atoms in total. The molecule has 1 saturated heterocycles. The minimum absolute atomic E-state index is 0.204. The van der Waals surface area contributed by atoms with Crippen molar-refractivity contribution in [2.75, 3.05) is 7.11 Å². The zero-order valence-electron chi connectivity index (χ0n) is 10.8. The molecule has 2 heterocycles. The fourth-order valence-electron chi connectivity index (χ4n) is 2.31. The molecule has 1 unspecified atom stereocenters. The van der Waals surface area contributed by atoms with Crippen LogP contribution in [0.2, 0.25) is 0 Å². The van der Waals surface area contributed by atoms with E-state index in [0.717, 1.165) is 4.70 Å². The number of ether oxygens (including phenoxy) is 1. The van der Waals surface area contributed by atoms with Crippen LogP contribution in [0.5, 0.6) is 5.75 Å². The molecule has 3 rings (SSSR count). The molecule has 102 valence electrons. The van der Waals surface area contributed by atoms with Crippen LogP contribution >= 0.6 is 0 Å². The summed E-state index contributed by atoms with van der Waals surface area (Å²) in [4.78, 5) is 35.2. The van der Waals surface area contributed by atoms with Crippen molar-refractivity contribution in [3.8, 4) is 5.75 Å². The number of rotatable bonds is 2. The van der Waals surface area contributed by atoms with E-state index in [4.69, 9.17) is 4.74 Å². The molecule has 2 aliphatic heterocycles. The van der Waals surface area contributed by atoms with E-state index in [1.165, 1.54) is 7.11 Å². The van der Waals surface area contributed by atoms with Crippen molar-refractivity contribution < 1.29 is 23.8 Å². The smallest absolute Gasteiger partial charge is 0.447 e. The van der Waals surface area contributed by atoms with Gasteiger partial charge in [-0.2, -0.15) is 0 Å². The molecule has 1 aromatic rings. The van der Waals surface area contributed by atoms with Gasteiger partial charge in [-0.1, -0.05) is 0 Å². The lowest BCUT2D eigenvalue weighted by Gasteiger charge is -2.14. The van der Waals surface area contributed by atoms with E-state index < -0.39 is 11.9 Å². The van der Waals surface area contributed by atoms with Gasteiger partial charge in [-0.15, -0.1) is 0 Å².